The molecule has 602 valence electrons. The smallest absolute Gasteiger partial charge is 0.335 e. The zero-order chi connectivity index (χ0) is 80.9. The molecule has 115 heavy (non-hydrogen) atoms. The summed E-state index contributed by atoms with van der Waals surface area (Å²) in [6.45, 7) is 14.1. The van der Waals surface area contributed by atoms with Gasteiger partial charge in [0.2, 0.25) is 5.91 Å². The van der Waals surface area contributed by atoms with Crippen molar-refractivity contribution in [2.75, 3.05) is 112 Å². The van der Waals surface area contributed by atoms with E-state index in [1.807, 2.05) is 125 Å². The highest BCUT2D eigenvalue weighted by molar-refractivity contribution is 5.95. The SMILES string of the molecule is C(=C\c1ccccc1)/CN1CCNCC1.COC(=O)Cc1ccc(CCCCc2ccc(C(=O)N3CCN(C/C=C/c4ccccc4)CC3)cc2)cc1.COC(=O)Cc1ccc(CCCCc2ccc(C(=O)O)cc2)cc1.O=C(Cc1ccc(CCCCc2ccc(C(=O)N3CCN(C/C=C/c4ccccc4)CC3)cc2)cc1)NO. The fraction of sp³-hybridized carbons (Fsp3) is 0.327. The van der Waals surface area contributed by atoms with Crippen molar-refractivity contribution < 1.29 is 48.6 Å². The lowest BCUT2D eigenvalue weighted by molar-refractivity contribution is -0.140. The summed E-state index contributed by atoms with van der Waals surface area (Å²) < 4.78 is 9.38. The van der Waals surface area contributed by atoms with Crippen molar-refractivity contribution in [1.82, 2.24) is 35.3 Å². The van der Waals surface area contributed by atoms with Gasteiger partial charge in [-0.15, -0.1) is 0 Å². The lowest BCUT2D eigenvalue weighted by Gasteiger charge is -2.34. The number of carbonyl (C=O) groups is 6. The molecule has 9 aromatic rings. The van der Waals surface area contributed by atoms with E-state index >= 15 is 0 Å². The van der Waals surface area contributed by atoms with Crippen LogP contribution in [-0.2, 0) is 81.6 Å². The zero-order valence-corrected chi connectivity index (χ0v) is 67.1. The van der Waals surface area contributed by atoms with Crippen LogP contribution in [0.1, 0.15) is 136 Å². The molecule has 3 aliphatic heterocycles. The fourth-order valence-electron chi connectivity index (χ4n) is 13.8. The topological polar surface area (TPSA) is 202 Å². The number of aryl methyl sites for hydroxylation is 6. The molecule has 17 heteroatoms. The lowest BCUT2D eigenvalue weighted by Crippen LogP contribution is -2.48. The Bertz CT molecular complexity index is 4230. The highest BCUT2D eigenvalue weighted by Gasteiger charge is 2.24. The fourth-order valence-corrected chi connectivity index (χ4v) is 13.8. The molecule has 0 atom stereocenters. The van der Waals surface area contributed by atoms with Crippen LogP contribution < -0.4 is 10.8 Å². The molecule has 0 radical (unpaired) electrons. The molecule has 17 nitrogen and oxygen atoms in total. The molecule has 3 aliphatic rings. The highest BCUT2D eigenvalue weighted by atomic mass is 16.5. The van der Waals surface area contributed by atoms with Crippen molar-refractivity contribution in [3.05, 3.63) is 338 Å². The second kappa shape index (κ2) is 50.1. The molecular formula is C98H115N7O10. The Hall–Kier alpha value is -11.2. The van der Waals surface area contributed by atoms with Crippen LogP contribution in [-0.4, -0.2) is 183 Å². The average Bonchev–Trinajstić information content (AvgIpc) is 0.848. The van der Waals surface area contributed by atoms with E-state index in [1.54, 1.807) is 17.6 Å². The maximum absolute atomic E-state index is 13.0. The van der Waals surface area contributed by atoms with Crippen LogP contribution >= 0.6 is 0 Å². The van der Waals surface area contributed by atoms with E-state index in [2.05, 4.69) is 170 Å². The highest BCUT2D eigenvalue weighted by Crippen LogP contribution is 2.20. The second-order valence-corrected chi connectivity index (χ2v) is 29.4. The van der Waals surface area contributed by atoms with E-state index in [1.165, 1.54) is 71.8 Å². The van der Waals surface area contributed by atoms with Gasteiger partial charge in [0, 0.05) is 109 Å². The van der Waals surface area contributed by atoms with Crippen molar-refractivity contribution in [2.45, 2.75) is 96.3 Å². The number of hydrogen-bond donors (Lipinski definition) is 4. The summed E-state index contributed by atoms with van der Waals surface area (Å²) >= 11 is 0. The predicted octanol–water partition coefficient (Wildman–Crippen LogP) is 15.5. The molecule has 0 saturated carbocycles. The number of aromatic carboxylic acids is 1. The van der Waals surface area contributed by atoms with Crippen LogP contribution in [0, 0.1) is 0 Å². The number of methoxy groups -OCH3 is 2. The number of carbonyl (C=O) groups excluding carboxylic acids is 5. The minimum absolute atomic E-state index is 0.121. The van der Waals surface area contributed by atoms with Crippen LogP contribution in [0.3, 0.4) is 0 Å². The number of nitrogens with zero attached hydrogens (tertiary/aromatic N) is 5. The normalized spacial score (nSPS) is 13.9. The number of esters is 2. The number of carboxylic acids is 1. The quantitative estimate of drug-likeness (QED) is 0.0131. The summed E-state index contributed by atoms with van der Waals surface area (Å²) in [5.41, 5.74) is 17.5. The van der Waals surface area contributed by atoms with Crippen LogP contribution in [0.4, 0.5) is 0 Å². The number of unbranched alkanes of at least 4 members (excludes halogenated alkanes) is 3. The first-order valence-corrected chi connectivity index (χ1v) is 40.7. The number of amides is 3. The van der Waals surface area contributed by atoms with E-state index in [0.717, 1.165) is 196 Å². The number of ether oxygens (including phenoxy) is 2. The molecule has 9 aromatic carbocycles. The molecule has 3 saturated heterocycles. The van der Waals surface area contributed by atoms with E-state index < -0.39 is 11.9 Å². The van der Waals surface area contributed by atoms with Gasteiger partial charge in [-0.2, -0.15) is 0 Å². The van der Waals surface area contributed by atoms with E-state index in [0.29, 0.717) is 18.4 Å². The van der Waals surface area contributed by atoms with E-state index in [-0.39, 0.29) is 30.2 Å². The van der Waals surface area contributed by atoms with Crippen molar-refractivity contribution >= 4 is 53.9 Å². The third-order valence-corrected chi connectivity index (χ3v) is 20.8. The van der Waals surface area contributed by atoms with Gasteiger partial charge in [-0.3, -0.25) is 43.9 Å². The maximum Gasteiger partial charge on any atom is 0.335 e. The Kier molecular flexibility index (Phi) is 38.3. The molecule has 3 amide bonds. The maximum atomic E-state index is 13.0. The summed E-state index contributed by atoms with van der Waals surface area (Å²) in [6.07, 6.45) is 26.3. The van der Waals surface area contributed by atoms with Crippen LogP contribution in [0.5, 0.6) is 0 Å². The molecule has 4 N–H and O–H groups in total. The predicted molar refractivity (Wildman–Crippen MR) is 461 cm³/mol. The Morgan fingerprint density at radius 1 is 0.339 bits per heavy atom. The van der Waals surface area contributed by atoms with Gasteiger partial charge in [-0.1, -0.05) is 237 Å². The van der Waals surface area contributed by atoms with E-state index in [9.17, 15) is 28.8 Å². The van der Waals surface area contributed by atoms with Crippen molar-refractivity contribution in [3.63, 3.8) is 0 Å². The molecule has 3 fully saturated rings. The molecule has 12 rings (SSSR count). The van der Waals surface area contributed by atoms with Crippen molar-refractivity contribution in [2.24, 2.45) is 0 Å². The first-order chi connectivity index (χ1) is 56.2. The van der Waals surface area contributed by atoms with Gasteiger partial charge < -0.3 is 29.7 Å². The van der Waals surface area contributed by atoms with Gasteiger partial charge in [0.1, 0.15) is 0 Å². The molecule has 3 heterocycles. The number of hydrogen-bond acceptors (Lipinski definition) is 13. The molecule has 0 aliphatic carbocycles. The summed E-state index contributed by atoms with van der Waals surface area (Å²) in [5, 5.41) is 20.9. The summed E-state index contributed by atoms with van der Waals surface area (Å²) in [4.78, 5) is 81.8. The number of nitrogens with one attached hydrogen (secondary N) is 2. The standard InChI is InChI=1S/C33H38N2O3.C32H37N3O3.C20H22O4.C13H18N2/c1-38-32(36)26-30-15-13-28(14-16-30)10-5-6-11-29-17-19-31(20-18-29)33(37)35-24-22-34(23-25-35)21-7-12-27-8-3-2-4-9-27;36-31(33-38)25-29-14-12-27(13-15-29)9-4-5-10-28-16-18-30(19-17-28)32(37)35-23-21-34(22-24-35)20-6-11-26-7-2-1-3-8-26;1-24-19(21)14-17-8-6-15(7-9-17)4-2-3-5-16-10-12-18(13-11-16)20(22)23;1-2-5-13(6-3-1)7-4-10-15-11-8-14-9-12-15/h2-4,7-9,12-20H,5-6,10-11,21-26H2,1H3;1-3,6-8,11-19,38H,4-5,9-10,20-25H2,(H,33,36);6-13H,2-5,14H2,1H3,(H,22,23);1-7,14H,8-12H2/b12-7+;11-6+;;7-4+. The molecule has 0 unspecified atom stereocenters. The molecular weight excluding hydrogens is 1440 g/mol. The minimum Gasteiger partial charge on any atom is -0.478 e. The summed E-state index contributed by atoms with van der Waals surface area (Å²) in [5.74, 6) is -1.48. The molecule has 0 spiro atoms. The van der Waals surface area contributed by atoms with E-state index in [4.69, 9.17) is 15.1 Å². The van der Waals surface area contributed by atoms with Gasteiger partial charge in [0.05, 0.1) is 39.0 Å². The number of hydroxylamine groups is 1. The monoisotopic (exact) mass is 1550 g/mol. The largest absolute Gasteiger partial charge is 0.478 e. The van der Waals surface area contributed by atoms with Gasteiger partial charge >= 0.3 is 17.9 Å². The Labute approximate surface area is 681 Å². The van der Waals surface area contributed by atoms with Crippen LogP contribution in [0.15, 0.2) is 255 Å². The van der Waals surface area contributed by atoms with Crippen molar-refractivity contribution in [3.8, 4) is 0 Å². The Balaban J connectivity index is 0.000000184. The molecule has 0 bridgehead atoms. The minimum atomic E-state index is -0.891. The zero-order valence-electron chi connectivity index (χ0n) is 67.1. The Morgan fingerprint density at radius 3 is 0.878 bits per heavy atom. The lowest BCUT2D eigenvalue weighted by atomic mass is 10.0. The number of benzene rings is 9. The van der Waals surface area contributed by atoms with Crippen LogP contribution in [0.25, 0.3) is 18.2 Å². The van der Waals surface area contributed by atoms with Crippen molar-refractivity contribution in [1.29, 1.82) is 0 Å². The first-order valence-electron chi connectivity index (χ1n) is 40.7. The summed E-state index contributed by atoms with van der Waals surface area (Å²) in [6, 6.07) is 78.6. The number of piperazine rings is 3. The third kappa shape index (κ3) is 33.1. The van der Waals surface area contributed by atoms with Gasteiger partial charge in [0.25, 0.3) is 11.8 Å². The summed E-state index contributed by atoms with van der Waals surface area (Å²) in [7, 11) is 2.81. The van der Waals surface area contributed by atoms with Gasteiger partial charge in [0.15, 0.2) is 0 Å². The third-order valence-electron chi connectivity index (χ3n) is 20.8. The number of carboxylic acid groups (broad SMARTS) is 1. The van der Waals surface area contributed by atoms with Crippen LogP contribution in [0.2, 0.25) is 0 Å². The first kappa shape index (κ1) is 87.8. The second-order valence-electron chi connectivity index (χ2n) is 29.4. The Morgan fingerprint density at radius 2 is 0.600 bits per heavy atom. The van der Waals surface area contributed by atoms with Gasteiger partial charge in [-0.25, -0.2) is 10.3 Å². The number of rotatable bonds is 33. The molecule has 0 aromatic heterocycles. The average molecular weight is 1550 g/mol. The van der Waals surface area contributed by atoms with Gasteiger partial charge in [-0.05, 0) is 180 Å².